The molecule has 0 fully saturated rings. The topological polar surface area (TPSA) is 72.9 Å². The number of allylic oxidation sites excluding steroid dienone is 2. The average molecular weight is 466 g/mol. The number of benzene rings is 2. The number of nitrogens with zero attached hydrogens (tertiary/aromatic N) is 1. The van der Waals surface area contributed by atoms with E-state index in [9.17, 15) is 14.4 Å². The van der Waals surface area contributed by atoms with E-state index in [1.807, 2.05) is 81.1 Å². The van der Waals surface area contributed by atoms with Gasteiger partial charge >= 0.3 is 11.9 Å². The lowest BCUT2D eigenvalue weighted by atomic mass is 9.83. The van der Waals surface area contributed by atoms with Gasteiger partial charge in [-0.3, -0.25) is 14.4 Å². The first-order chi connectivity index (χ1) is 16.2. The Morgan fingerprint density at radius 1 is 0.853 bits per heavy atom. The molecule has 0 aliphatic heterocycles. The van der Waals surface area contributed by atoms with Crippen molar-refractivity contribution in [3.63, 3.8) is 0 Å². The number of carbonyl (C=O) groups is 3. The first-order valence-electron chi connectivity index (χ1n) is 11.9. The van der Waals surface area contributed by atoms with Crippen LogP contribution in [0.5, 0.6) is 0 Å². The Labute approximate surface area is 201 Å². The van der Waals surface area contributed by atoms with Gasteiger partial charge < -0.3 is 14.4 Å². The van der Waals surface area contributed by atoms with Gasteiger partial charge in [-0.1, -0.05) is 48.6 Å². The molecular formula is C28H35NO5. The number of hydrogen-bond donors (Lipinski definition) is 0. The van der Waals surface area contributed by atoms with Crippen LogP contribution in [-0.2, 0) is 19.1 Å². The monoisotopic (exact) mass is 465 g/mol. The average Bonchev–Trinajstić information content (AvgIpc) is 2.82. The number of methoxy groups -OCH3 is 1. The van der Waals surface area contributed by atoms with Crippen LogP contribution in [0, 0.1) is 11.8 Å². The molecule has 0 spiro atoms. The molecule has 2 aromatic rings. The largest absolute Gasteiger partial charge is 0.469 e. The summed E-state index contributed by atoms with van der Waals surface area (Å²) in [5.74, 6) is -2.13. The molecule has 1 aliphatic rings. The van der Waals surface area contributed by atoms with Gasteiger partial charge in [0.25, 0.3) is 5.91 Å². The van der Waals surface area contributed by atoms with Gasteiger partial charge in [-0.15, -0.1) is 0 Å². The normalized spacial score (nSPS) is 18.7. The maximum atomic E-state index is 13.8. The summed E-state index contributed by atoms with van der Waals surface area (Å²) >= 11 is 0. The highest BCUT2D eigenvalue weighted by atomic mass is 16.5. The highest BCUT2D eigenvalue weighted by Gasteiger charge is 2.37. The Kier molecular flexibility index (Phi) is 8.13. The zero-order valence-electron chi connectivity index (χ0n) is 20.9. The summed E-state index contributed by atoms with van der Waals surface area (Å²) in [6.07, 6.45) is 3.98. The third kappa shape index (κ3) is 5.16. The van der Waals surface area contributed by atoms with Gasteiger partial charge in [0, 0.05) is 17.6 Å². The summed E-state index contributed by atoms with van der Waals surface area (Å²) in [4.78, 5) is 41.1. The first-order valence-corrected chi connectivity index (χ1v) is 11.9. The lowest BCUT2D eigenvalue weighted by Crippen LogP contribution is -2.42. The molecule has 3 rings (SSSR count). The van der Waals surface area contributed by atoms with Crippen molar-refractivity contribution in [2.75, 3.05) is 7.11 Å². The molecule has 0 unspecified atom stereocenters. The summed E-state index contributed by atoms with van der Waals surface area (Å²) in [7, 11) is 1.33. The third-order valence-corrected chi connectivity index (χ3v) is 6.49. The second-order valence-electron chi connectivity index (χ2n) is 9.41. The molecule has 1 aliphatic carbocycles. The van der Waals surface area contributed by atoms with Gasteiger partial charge in [0.1, 0.15) is 6.10 Å². The van der Waals surface area contributed by atoms with Crippen molar-refractivity contribution < 1.29 is 23.9 Å². The predicted octanol–water partition coefficient (Wildman–Crippen LogP) is 5.46. The quantitative estimate of drug-likeness (QED) is 0.401. The minimum Gasteiger partial charge on any atom is -0.469 e. The smallest absolute Gasteiger partial charge is 0.310 e. The fraction of sp³-hybridized carbons (Fsp3) is 0.464. The van der Waals surface area contributed by atoms with Crippen LogP contribution < -0.4 is 0 Å². The first kappa shape index (κ1) is 25.5. The second-order valence-corrected chi connectivity index (χ2v) is 9.41. The van der Waals surface area contributed by atoms with Crippen LogP contribution in [0.1, 0.15) is 69.5 Å². The molecule has 1 amide bonds. The van der Waals surface area contributed by atoms with Crippen molar-refractivity contribution in [3.05, 3.63) is 59.7 Å². The Balaban J connectivity index is 2.00. The van der Waals surface area contributed by atoms with E-state index >= 15 is 0 Å². The van der Waals surface area contributed by atoms with Crippen LogP contribution in [0.25, 0.3) is 10.8 Å². The number of amides is 1. The Morgan fingerprint density at radius 3 is 2.03 bits per heavy atom. The molecule has 0 bridgehead atoms. The van der Waals surface area contributed by atoms with Gasteiger partial charge in [0.15, 0.2) is 0 Å². The van der Waals surface area contributed by atoms with E-state index in [1.165, 1.54) is 7.11 Å². The fourth-order valence-corrected chi connectivity index (χ4v) is 4.87. The molecule has 34 heavy (non-hydrogen) atoms. The summed E-state index contributed by atoms with van der Waals surface area (Å²) in [5.41, 5.74) is 1.21. The van der Waals surface area contributed by atoms with E-state index < -0.39 is 29.9 Å². The highest BCUT2D eigenvalue weighted by Crippen LogP contribution is 2.34. The third-order valence-electron chi connectivity index (χ3n) is 6.49. The number of fused-ring (bicyclic) bond motifs is 1. The highest BCUT2D eigenvalue weighted by molar-refractivity contribution is 6.08. The lowest BCUT2D eigenvalue weighted by molar-refractivity contribution is -0.162. The molecule has 3 atom stereocenters. The number of hydrogen-bond acceptors (Lipinski definition) is 5. The maximum absolute atomic E-state index is 13.8. The molecule has 2 aromatic carbocycles. The molecular weight excluding hydrogens is 430 g/mol. The molecule has 0 aromatic heterocycles. The van der Waals surface area contributed by atoms with Crippen LogP contribution in [0.2, 0.25) is 0 Å². The Bertz CT molecular complexity index is 1080. The summed E-state index contributed by atoms with van der Waals surface area (Å²) in [6.45, 7) is 9.76. The van der Waals surface area contributed by atoms with Gasteiger partial charge in [-0.2, -0.15) is 0 Å². The summed E-state index contributed by atoms with van der Waals surface area (Å²) in [6, 6.07) is 11.6. The van der Waals surface area contributed by atoms with E-state index in [0.29, 0.717) is 24.0 Å². The molecule has 0 radical (unpaired) electrons. The van der Waals surface area contributed by atoms with Crippen LogP contribution in [0.3, 0.4) is 0 Å². The van der Waals surface area contributed by atoms with E-state index in [2.05, 4.69) is 0 Å². The Hall–Kier alpha value is -3.15. The van der Waals surface area contributed by atoms with Gasteiger partial charge in [-0.05, 0) is 58.2 Å². The van der Waals surface area contributed by atoms with Crippen LogP contribution in [0.4, 0.5) is 0 Å². The fourth-order valence-electron chi connectivity index (χ4n) is 4.87. The molecule has 0 heterocycles. The lowest BCUT2D eigenvalue weighted by Gasteiger charge is -2.33. The standard InChI is InChI=1S/C28H35NO5/c1-17(2)29(18(3)4)26(30)25-21(16-15-20-11-7-8-12-22(20)25)19(5)34-28(32)24-14-10-9-13-23(24)27(31)33-6/h7-12,15-19,23-24H,13-14H2,1-6H3/t19-,23-,24+/m0/s1. The number of rotatable bonds is 7. The van der Waals surface area contributed by atoms with E-state index in [-0.39, 0.29) is 18.0 Å². The van der Waals surface area contributed by atoms with Crippen molar-refractivity contribution in [2.45, 2.75) is 65.6 Å². The molecule has 6 nitrogen and oxygen atoms in total. The minimum absolute atomic E-state index is 0.00650. The van der Waals surface area contributed by atoms with Crippen molar-refractivity contribution >= 4 is 28.6 Å². The van der Waals surface area contributed by atoms with Gasteiger partial charge in [0.2, 0.25) is 0 Å². The molecule has 6 heteroatoms. The van der Waals surface area contributed by atoms with Crippen LogP contribution in [0.15, 0.2) is 48.6 Å². The summed E-state index contributed by atoms with van der Waals surface area (Å²) < 4.78 is 10.8. The predicted molar refractivity (Wildman–Crippen MR) is 132 cm³/mol. The number of carbonyl (C=O) groups excluding carboxylic acids is 3. The van der Waals surface area contributed by atoms with Crippen LogP contribution in [-0.4, -0.2) is 41.9 Å². The second kappa shape index (κ2) is 10.9. The zero-order chi connectivity index (χ0) is 25.0. The van der Waals surface area contributed by atoms with Crippen molar-refractivity contribution in [2.24, 2.45) is 11.8 Å². The maximum Gasteiger partial charge on any atom is 0.310 e. The minimum atomic E-state index is -0.665. The van der Waals surface area contributed by atoms with Crippen molar-refractivity contribution in [1.29, 1.82) is 0 Å². The zero-order valence-corrected chi connectivity index (χ0v) is 20.9. The molecule has 0 N–H and O–H groups in total. The molecule has 0 saturated heterocycles. The Morgan fingerprint density at radius 2 is 1.44 bits per heavy atom. The molecule has 182 valence electrons. The summed E-state index contributed by atoms with van der Waals surface area (Å²) in [5, 5.41) is 1.77. The van der Waals surface area contributed by atoms with Crippen LogP contribution >= 0.6 is 0 Å². The van der Waals surface area contributed by atoms with Gasteiger partial charge in [0.05, 0.1) is 24.5 Å². The SMILES string of the molecule is COC(=O)[C@H]1CC=CC[C@H]1C(=O)O[C@@H](C)c1ccc2ccccc2c1C(=O)N(C(C)C)C(C)C. The van der Waals surface area contributed by atoms with E-state index in [1.54, 1.807) is 6.92 Å². The van der Waals surface area contributed by atoms with Gasteiger partial charge in [-0.25, -0.2) is 0 Å². The van der Waals surface area contributed by atoms with E-state index in [4.69, 9.17) is 9.47 Å². The molecule has 0 saturated carbocycles. The number of esters is 2. The van der Waals surface area contributed by atoms with Crippen molar-refractivity contribution in [3.8, 4) is 0 Å². The van der Waals surface area contributed by atoms with E-state index in [0.717, 1.165) is 10.8 Å². The number of ether oxygens (including phenoxy) is 2. The van der Waals surface area contributed by atoms with Crippen molar-refractivity contribution in [1.82, 2.24) is 4.90 Å².